The van der Waals surface area contributed by atoms with Crippen molar-refractivity contribution >= 4 is 16.0 Å². The van der Waals surface area contributed by atoms with Crippen LogP contribution < -0.4 is 0 Å². The Balaban J connectivity index is 2.52. The van der Waals surface area contributed by atoms with Crippen LogP contribution in [0.2, 0.25) is 0 Å². The zero-order valence-corrected chi connectivity index (χ0v) is 7.17. The highest BCUT2D eigenvalue weighted by atomic mass is 32.2. The summed E-state index contributed by atoms with van der Waals surface area (Å²) in [5, 5.41) is 0. The minimum Gasteiger partial charge on any atom is -0.302 e. The highest BCUT2D eigenvalue weighted by Crippen LogP contribution is 2.28. The summed E-state index contributed by atoms with van der Waals surface area (Å²) in [4.78, 5) is 0.547. The van der Waals surface area contributed by atoms with E-state index in [1.54, 1.807) is 6.08 Å². The maximum Gasteiger partial charge on any atom is 0.186 e. The molecule has 1 aliphatic rings. The minimum absolute atomic E-state index is 0.547. The molecule has 62 valence electrons. The molecule has 0 aliphatic heterocycles. The molecule has 0 aromatic heterocycles. The van der Waals surface area contributed by atoms with E-state index >= 15 is 0 Å². The van der Waals surface area contributed by atoms with Gasteiger partial charge in [-0.1, -0.05) is 30.3 Å². The molecule has 1 unspecified atom stereocenters. The maximum atomic E-state index is 10.8. The Morgan fingerprint density at radius 1 is 1.33 bits per heavy atom. The van der Waals surface area contributed by atoms with Gasteiger partial charge in [-0.25, -0.2) is 4.21 Å². The molecular formula is C9H8O2S. The summed E-state index contributed by atoms with van der Waals surface area (Å²) in [6, 6.07) is 7.68. The first-order chi connectivity index (χ1) is 5.79. The zero-order chi connectivity index (χ0) is 8.55. The number of rotatable bonds is 1. The molecule has 12 heavy (non-hydrogen) atoms. The third-order valence-corrected chi connectivity index (χ3v) is 2.74. The van der Waals surface area contributed by atoms with Crippen LogP contribution >= 0.6 is 0 Å². The van der Waals surface area contributed by atoms with Crippen LogP contribution in [0.15, 0.2) is 30.3 Å². The highest BCUT2D eigenvalue weighted by Gasteiger charge is 2.16. The summed E-state index contributed by atoms with van der Waals surface area (Å²) in [6.07, 6.45) is 2.58. The monoisotopic (exact) mass is 180 g/mol. The summed E-state index contributed by atoms with van der Waals surface area (Å²) in [5.74, 6) is 0. The first-order valence-electron chi connectivity index (χ1n) is 3.68. The Bertz CT molecular complexity index is 369. The summed E-state index contributed by atoms with van der Waals surface area (Å²) < 4.78 is 19.7. The SMILES string of the molecule is O=S(O)C1=CCc2ccccc21. The van der Waals surface area contributed by atoms with Gasteiger partial charge < -0.3 is 4.55 Å². The Labute approximate surface area is 73.2 Å². The van der Waals surface area contributed by atoms with Crippen molar-refractivity contribution in [1.82, 2.24) is 0 Å². The molecule has 0 heterocycles. The van der Waals surface area contributed by atoms with Crippen LogP contribution in [0.5, 0.6) is 0 Å². The third kappa shape index (κ3) is 1.11. The molecule has 2 rings (SSSR count). The van der Waals surface area contributed by atoms with Gasteiger partial charge in [-0.3, -0.25) is 0 Å². The van der Waals surface area contributed by atoms with Gasteiger partial charge in [0.05, 0.1) is 4.91 Å². The molecule has 0 radical (unpaired) electrons. The molecule has 0 bridgehead atoms. The van der Waals surface area contributed by atoms with Gasteiger partial charge in [-0.15, -0.1) is 0 Å². The van der Waals surface area contributed by atoms with Crippen LogP contribution in [-0.2, 0) is 17.5 Å². The van der Waals surface area contributed by atoms with Crippen molar-refractivity contribution in [2.75, 3.05) is 0 Å². The van der Waals surface area contributed by atoms with Crippen molar-refractivity contribution in [2.45, 2.75) is 6.42 Å². The second-order valence-electron chi connectivity index (χ2n) is 2.68. The molecule has 1 aromatic carbocycles. The van der Waals surface area contributed by atoms with Gasteiger partial charge in [0.2, 0.25) is 0 Å². The molecule has 0 saturated carbocycles. The quantitative estimate of drug-likeness (QED) is 0.669. The summed E-state index contributed by atoms with van der Waals surface area (Å²) in [7, 11) is 0. The summed E-state index contributed by atoms with van der Waals surface area (Å²) >= 11 is -1.84. The lowest BCUT2D eigenvalue weighted by Crippen LogP contribution is -1.89. The second-order valence-corrected chi connectivity index (χ2v) is 3.62. The van der Waals surface area contributed by atoms with Gasteiger partial charge in [-0.2, -0.15) is 0 Å². The summed E-state index contributed by atoms with van der Waals surface area (Å²) in [6.45, 7) is 0. The third-order valence-electron chi connectivity index (χ3n) is 1.98. The molecule has 0 saturated heterocycles. The molecule has 1 aromatic rings. The van der Waals surface area contributed by atoms with Crippen LogP contribution in [0, 0.1) is 0 Å². The van der Waals surface area contributed by atoms with E-state index in [-0.39, 0.29) is 0 Å². The van der Waals surface area contributed by atoms with E-state index in [4.69, 9.17) is 4.55 Å². The molecular weight excluding hydrogens is 172 g/mol. The fraction of sp³-hybridized carbons (Fsp3) is 0.111. The average Bonchev–Trinajstić information content (AvgIpc) is 2.47. The van der Waals surface area contributed by atoms with Crippen LogP contribution in [-0.4, -0.2) is 8.76 Å². The van der Waals surface area contributed by atoms with Gasteiger partial charge in [0.1, 0.15) is 0 Å². The van der Waals surface area contributed by atoms with E-state index in [0.717, 1.165) is 17.5 Å². The van der Waals surface area contributed by atoms with E-state index < -0.39 is 11.1 Å². The first-order valence-corrected chi connectivity index (χ1v) is 4.79. The largest absolute Gasteiger partial charge is 0.302 e. The fourth-order valence-electron chi connectivity index (χ4n) is 1.42. The van der Waals surface area contributed by atoms with Gasteiger partial charge in [0.15, 0.2) is 11.1 Å². The van der Waals surface area contributed by atoms with E-state index in [0.29, 0.717) is 4.91 Å². The van der Waals surface area contributed by atoms with Crippen molar-refractivity contribution in [2.24, 2.45) is 0 Å². The lowest BCUT2D eigenvalue weighted by Gasteiger charge is -1.99. The van der Waals surface area contributed by atoms with Crippen LogP contribution in [0.25, 0.3) is 4.91 Å². The number of fused-ring (bicyclic) bond motifs is 1. The van der Waals surface area contributed by atoms with Crippen LogP contribution in [0.3, 0.4) is 0 Å². The number of hydrogen-bond donors (Lipinski definition) is 1. The Morgan fingerprint density at radius 2 is 2.08 bits per heavy atom. The lowest BCUT2D eigenvalue weighted by molar-refractivity contribution is 0.575. The van der Waals surface area contributed by atoms with Crippen molar-refractivity contribution < 1.29 is 8.76 Å². The van der Waals surface area contributed by atoms with Gasteiger partial charge >= 0.3 is 0 Å². The molecule has 3 heteroatoms. The lowest BCUT2D eigenvalue weighted by atomic mass is 10.1. The zero-order valence-electron chi connectivity index (χ0n) is 6.36. The summed E-state index contributed by atoms with van der Waals surface area (Å²) in [5.41, 5.74) is 2.05. The van der Waals surface area contributed by atoms with Crippen LogP contribution in [0.1, 0.15) is 11.1 Å². The number of hydrogen-bond acceptors (Lipinski definition) is 1. The molecule has 2 nitrogen and oxygen atoms in total. The number of allylic oxidation sites excluding steroid dienone is 1. The number of benzene rings is 1. The van der Waals surface area contributed by atoms with Crippen LogP contribution in [0.4, 0.5) is 0 Å². The fourth-order valence-corrected chi connectivity index (χ4v) is 2.03. The predicted molar refractivity (Wildman–Crippen MR) is 48.9 cm³/mol. The smallest absolute Gasteiger partial charge is 0.186 e. The van der Waals surface area contributed by atoms with Crippen molar-refractivity contribution in [1.29, 1.82) is 0 Å². The second kappa shape index (κ2) is 2.84. The van der Waals surface area contributed by atoms with E-state index in [1.807, 2.05) is 24.3 Å². The Hall–Kier alpha value is -0.930. The standard InChI is InChI=1S/C9H8O2S/c10-12(11)9-6-5-7-3-1-2-4-8(7)9/h1-4,6H,5H2,(H,10,11). The molecule has 0 fully saturated rings. The molecule has 1 atom stereocenters. The highest BCUT2D eigenvalue weighted by molar-refractivity contribution is 7.89. The Morgan fingerprint density at radius 3 is 2.83 bits per heavy atom. The van der Waals surface area contributed by atoms with Crippen molar-refractivity contribution in [3.63, 3.8) is 0 Å². The van der Waals surface area contributed by atoms with Crippen molar-refractivity contribution in [3.05, 3.63) is 41.5 Å². The minimum atomic E-state index is -1.84. The first kappa shape index (κ1) is 7.71. The van der Waals surface area contributed by atoms with Gasteiger partial charge in [0, 0.05) is 0 Å². The van der Waals surface area contributed by atoms with E-state index in [2.05, 4.69) is 0 Å². The van der Waals surface area contributed by atoms with E-state index in [1.165, 1.54) is 0 Å². The molecule has 1 aliphatic carbocycles. The van der Waals surface area contributed by atoms with E-state index in [9.17, 15) is 4.21 Å². The maximum absolute atomic E-state index is 10.8. The molecule has 0 amide bonds. The predicted octanol–water partition coefficient (Wildman–Crippen LogP) is 1.81. The molecule has 0 spiro atoms. The normalized spacial score (nSPS) is 16.9. The molecule has 1 N–H and O–H groups in total. The Kier molecular flexibility index (Phi) is 1.83. The average molecular weight is 180 g/mol. The van der Waals surface area contributed by atoms with Gasteiger partial charge in [0.25, 0.3) is 0 Å². The van der Waals surface area contributed by atoms with Gasteiger partial charge in [-0.05, 0) is 17.5 Å². The van der Waals surface area contributed by atoms with Crippen molar-refractivity contribution in [3.8, 4) is 0 Å². The topological polar surface area (TPSA) is 37.3 Å².